The second-order valence-corrected chi connectivity index (χ2v) is 7.15. The molecule has 2 amide bonds. The van der Waals surface area contributed by atoms with Gasteiger partial charge in [-0.25, -0.2) is 9.78 Å². The molecule has 156 valence electrons. The molecule has 0 bridgehead atoms. The van der Waals surface area contributed by atoms with E-state index in [0.29, 0.717) is 17.2 Å². The first-order chi connectivity index (χ1) is 15.0. The molecule has 0 spiro atoms. The lowest BCUT2D eigenvalue weighted by Gasteiger charge is -2.20. The summed E-state index contributed by atoms with van der Waals surface area (Å²) in [6.45, 7) is 3.52. The van der Waals surface area contributed by atoms with Crippen molar-refractivity contribution in [3.63, 3.8) is 0 Å². The fourth-order valence-corrected chi connectivity index (χ4v) is 3.35. The van der Waals surface area contributed by atoms with Crippen LogP contribution in [0.5, 0.6) is 0 Å². The largest absolute Gasteiger partial charge is 0.327 e. The Morgan fingerprint density at radius 2 is 1.55 bits per heavy atom. The van der Waals surface area contributed by atoms with E-state index in [4.69, 9.17) is 0 Å². The first-order valence-electron chi connectivity index (χ1n) is 9.82. The molecule has 0 radical (unpaired) electrons. The maximum Gasteiger partial charge on any atom is 0.321 e. The highest BCUT2D eigenvalue weighted by atomic mass is 16.2. The summed E-state index contributed by atoms with van der Waals surface area (Å²) in [6.07, 6.45) is 0. The Kier molecular flexibility index (Phi) is 5.61. The van der Waals surface area contributed by atoms with E-state index in [1.54, 1.807) is 19.9 Å². The van der Waals surface area contributed by atoms with Crippen molar-refractivity contribution in [2.45, 2.75) is 19.9 Å². The van der Waals surface area contributed by atoms with Crippen molar-refractivity contribution in [3.05, 3.63) is 106 Å². The third-order valence-corrected chi connectivity index (χ3v) is 4.67. The van der Waals surface area contributed by atoms with Gasteiger partial charge in [-0.05, 0) is 25.0 Å². The fraction of sp³-hybridized carbons (Fsp3) is 0.130. The van der Waals surface area contributed by atoms with Crippen LogP contribution in [0.1, 0.15) is 28.6 Å². The van der Waals surface area contributed by atoms with Gasteiger partial charge in [-0.3, -0.25) is 15.1 Å². The van der Waals surface area contributed by atoms with Gasteiger partial charge < -0.3 is 5.32 Å². The Morgan fingerprint density at radius 1 is 0.935 bits per heavy atom. The summed E-state index contributed by atoms with van der Waals surface area (Å²) in [5.41, 5.74) is 2.84. The number of amides is 2. The van der Waals surface area contributed by atoms with Crippen LogP contribution in [0.15, 0.2) is 77.6 Å². The predicted molar refractivity (Wildman–Crippen MR) is 118 cm³/mol. The second kappa shape index (κ2) is 8.66. The molecular weight excluding hydrogens is 392 g/mol. The number of carbonyl (C=O) groups excluding carboxylic acids is 1. The van der Waals surface area contributed by atoms with Gasteiger partial charge in [0.05, 0.1) is 11.7 Å². The maximum atomic E-state index is 12.9. The van der Waals surface area contributed by atoms with Gasteiger partial charge in [0.25, 0.3) is 5.56 Å². The zero-order chi connectivity index (χ0) is 21.8. The minimum Gasteiger partial charge on any atom is -0.327 e. The van der Waals surface area contributed by atoms with Crippen molar-refractivity contribution in [1.82, 2.24) is 25.1 Å². The number of aromatic nitrogens is 4. The van der Waals surface area contributed by atoms with Crippen molar-refractivity contribution in [3.8, 4) is 5.95 Å². The van der Waals surface area contributed by atoms with Crippen LogP contribution < -0.4 is 16.2 Å². The van der Waals surface area contributed by atoms with Crippen molar-refractivity contribution in [2.24, 2.45) is 0 Å². The molecule has 31 heavy (non-hydrogen) atoms. The predicted octanol–water partition coefficient (Wildman–Crippen LogP) is 3.48. The number of nitrogens with one attached hydrogen (secondary N) is 3. The lowest BCUT2D eigenvalue weighted by molar-refractivity contribution is 0.250. The van der Waals surface area contributed by atoms with Gasteiger partial charge in [0, 0.05) is 17.8 Å². The Labute approximate surface area is 179 Å². The third-order valence-electron chi connectivity index (χ3n) is 4.67. The maximum absolute atomic E-state index is 12.9. The highest BCUT2D eigenvalue weighted by molar-refractivity contribution is 5.89. The molecule has 0 saturated heterocycles. The summed E-state index contributed by atoms with van der Waals surface area (Å²) in [4.78, 5) is 31.7. The average Bonchev–Trinajstić information content (AvgIpc) is 3.12. The molecule has 2 heterocycles. The number of hydrogen-bond acceptors (Lipinski definition) is 4. The molecule has 0 atom stereocenters. The lowest BCUT2D eigenvalue weighted by atomic mass is 9.99. The summed E-state index contributed by atoms with van der Waals surface area (Å²) in [5, 5.41) is 10.2. The Morgan fingerprint density at radius 3 is 2.13 bits per heavy atom. The fourth-order valence-electron chi connectivity index (χ4n) is 3.35. The van der Waals surface area contributed by atoms with Gasteiger partial charge in [-0.1, -0.05) is 60.7 Å². The minimum atomic E-state index is -0.408. The summed E-state index contributed by atoms with van der Waals surface area (Å²) in [5.74, 6) is 0.625. The highest BCUT2D eigenvalue weighted by Crippen LogP contribution is 2.22. The van der Waals surface area contributed by atoms with Crippen LogP contribution in [0.3, 0.4) is 0 Å². The molecule has 2 aromatic carbocycles. The zero-order valence-corrected chi connectivity index (χ0v) is 17.2. The highest BCUT2D eigenvalue weighted by Gasteiger charge is 2.19. The quantitative estimate of drug-likeness (QED) is 0.465. The van der Waals surface area contributed by atoms with Gasteiger partial charge in [0.1, 0.15) is 5.82 Å². The topological polar surface area (TPSA) is 105 Å². The molecule has 8 heteroatoms. The van der Waals surface area contributed by atoms with E-state index in [0.717, 1.165) is 11.1 Å². The number of aryl methyl sites for hydroxylation is 2. The SMILES string of the molecule is Cc1cc(=O)[nH]c(-n2nc(C)cc2NC(=O)NC(c2ccccc2)c2ccccc2)n1. The van der Waals surface area contributed by atoms with Gasteiger partial charge in [0.15, 0.2) is 0 Å². The van der Waals surface area contributed by atoms with E-state index in [1.165, 1.54) is 10.7 Å². The summed E-state index contributed by atoms with van der Waals surface area (Å²) in [6, 6.07) is 21.8. The van der Waals surface area contributed by atoms with Gasteiger partial charge >= 0.3 is 6.03 Å². The number of aromatic amines is 1. The van der Waals surface area contributed by atoms with Crippen molar-refractivity contribution < 1.29 is 4.79 Å². The molecule has 2 aromatic heterocycles. The molecule has 0 aliphatic rings. The van der Waals surface area contributed by atoms with Crippen LogP contribution >= 0.6 is 0 Å². The molecule has 8 nitrogen and oxygen atoms in total. The number of rotatable bonds is 5. The Hall–Kier alpha value is -4.20. The van der Waals surface area contributed by atoms with E-state index in [9.17, 15) is 9.59 Å². The van der Waals surface area contributed by atoms with Crippen LogP contribution in [-0.2, 0) is 0 Å². The number of urea groups is 1. The first kappa shape index (κ1) is 20.1. The Balaban J connectivity index is 1.61. The summed E-state index contributed by atoms with van der Waals surface area (Å²) in [7, 11) is 0. The molecule has 3 N–H and O–H groups in total. The van der Waals surface area contributed by atoms with Crippen molar-refractivity contribution in [2.75, 3.05) is 5.32 Å². The second-order valence-electron chi connectivity index (χ2n) is 7.15. The van der Waals surface area contributed by atoms with E-state index < -0.39 is 6.03 Å². The number of benzene rings is 2. The smallest absolute Gasteiger partial charge is 0.321 e. The molecular formula is C23H22N6O2. The standard InChI is InChI=1S/C23H22N6O2/c1-15-14-20(30)26-22(24-15)29-19(13-16(2)28-29)25-23(31)27-21(17-9-5-3-6-10-17)18-11-7-4-8-12-18/h3-14,21H,1-2H3,(H,24,26,30)(H2,25,27,31). The third kappa shape index (κ3) is 4.69. The molecule has 0 unspecified atom stereocenters. The molecule has 4 rings (SSSR count). The number of hydrogen-bond donors (Lipinski definition) is 3. The van der Waals surface area contributed by atoms with Gasteiger partial charge in [0.2, 0.25) is 5.95 Å². The monoisotopic (exact) mass is 414 g/mol. The Bertz CT molecular complexity index is 1210. The van der Waals surface area contributed by atoms with Crippen LogP contribution in [0.2, 0.25) is 0 Å². The van der Waals surface area contributed by atoms with Crippen LogP contribution in [0.25, 0.3) is 5.95 Å². The van der Waals surface area contributed by atoms with Crippen molar-refractivity contribution >= 4 is 11.8 Å². The van der Waals surface area contributed by atoms with Crippen LogP contribution in [-0.4, -0.2) is 25.8 Å². The molecule has 0 aliphatic carbocycles. The number of carbonyl (C=O) groups is 1. The summed E-state index contributed by atoms with van der Waals surface area (Å²) < 4.78 is 1.41. The van der Waals surface area contributed by atoms with Crippen LogP contribution in [0, 0.1) is 13.8 Å². The van der Waals surface area contributed by atoms with Gasteiger partial charge in [-0.15, -0.1) is 0 Å². The minimum absolute atomic E-state index is 0.232. The first-order valence-corrected chi connectivity index (χ1v) is 9.82. The zero-order valence-electron chi connectivity index (χ0n) is 17.2. The van der Waals surface area contributed by atoms with Gasteiger partial charge in [-0.2, -0.15) is 9.78 Å². The van der Waals surface area contributed by atoms with Crippen molar-refractivity contribution in [1.29, 1.82) is 0 Å². The molecule has 0 saturated carbocycles. The van der Waals surface area contributed by atoms with E-state index in [-0.39, 0.29) is 17.5 Å². The van der Waals surface area contributed by atoms with E-state index in [2.05, 4.69) is 25.7 Å². The van der Waals surface area contributed by atoms with Crippen LogP contribution in [0.4, 0.5) is 10.6 Å². The summed E-state index contributed by atoms with van der Waals surface area (Å²) >= 11 is 0. The molecule has 4 aromatic rings. The number of H-pyrrole nitrogens is 1. The molecule has 0 fully saturated rings. The normalized spacial score (nSPS) is 10.8. The average molecular weight is 414 g/mol. The number of anilines is 1. The molecule has 0 aliphatic heterocycles. The number of nitrogens with zero attached hydrogens (tertiary/aromatic N) is 3. The van der Waals surface area contributed by atoms with E-state index >= 15 is 0 Å². The van der Waals surface area contributed by atoms with E-state index in [1.807, 2.05) is 60.7 Å². The lowest BCUT2D eigenvalue weighted by Crippen LogP contribution is -2.34.